The van der Waals surface area contributed by atoms with E-state index in [2.05, 4.69) is 4.98 Å². The van der Waals surface area contributed by atoms with Crippen LogP contribution in [0.15, 0.2) is 30.5 Å². The number of pyridine rings is 1. The van der Waals surface area contributed by atoms with Gasteiger partial charge in [0.2, 0.25) is 5.88 Å². The first kappa shape index (κ1) is 11.0. The lowest BCUT2D eigenvalue weighted by Gasteiger charge is -2.11. The lowest BCUT2D eigenvalue weighted by Crippen LogP contribution is -2.19. The highest BCUT2D eigenvalue weighted by atomic mass is 16.5. The second-order valence-electron chi connectivity index (χ2n) is 4.64. The Morgan fingerprint density at radius 1 is 1.39 bits per heavy atom. The zero-order chi connectivity index (χ0) is 12.8. The van der Waals surface area contributed by atoms with Crippen molar-refractivity contribution in [2.75, 3.05) is 7.11 Å². The van der Waals surface area contributed by atoms with Crippen LogP contribution in [0.4, 0.5) is 0 Å². The second kappa shape index (κ2) is 3.70. The highest BCUT2D eigenvalue weighted by Crippen LogP contribution is 2.49. The van der Waals surface area contributed by atoms with E-state index in [9.17, 15) is 9.90 Å². The summed E-state index contributed by atoms with van der Waals surface area (Å²) in [4.78, 5) is 15.4. The van der Waals surface area contributed by atoms with Gasteiger partial charge in [-0.25, -0.2) is 4.98 Å². The van der Waals surface area contributed by atoms with Crippen LogP contribution in [0.1, 0.15) is 18.4 Å². The molecule has 1 N–H and O–H groups in total. The molecule has 0 bridgehead atoms. The van der Waals surface area contributed by atoms with Crippen LogP contribution >= 0.6 is 0 Å². The van der Waals surface area contributed by atoms with Crippen molar-refractivity contribution in [1.82, 2.24) is 4.98 Å². The van der Waals surface area contributed by atoms with Crippen molar-refractivity contribution in [3.8, 4) is 5.88 Å². The first-order valence-electron chi connectivity index (χ1n) is 5.84. The van der Waals surface area contributed by atoms with Crippen molar-refractivity contribution in [2.24, 2.45) is 0 Å². The van der Waals surface area contributed by atoms with Crippen molar-refractivity contribution in [3.63, 3.8) is 0 Å². The number of nitrogens with zero attached hydrogens (tertiary/aromatic N) is 1. The van der Waals surface area contributed by atoms with Crippen molar-refractivity contribution in [2.45, 2.75) is 18.3 Å². The molecule has 1 heterocycles. The number of fused-ring (bicyclic) bond motifs is 1. The van der Waals surface area contributed by atoms with Gasteiger partial charge in [-0.05, 0) is 42.0 Å². The van der Waals surface area contributed by atoms with Gasteiger partial charge in [0, 0.05) is 11.6 Å². The van der Waals surface area contributed by atoms with Gasteiger partial charge in [-0.3, -0.25) is 4.79 Å². The fraction of sp³-hybridized carbons (Fsp3) is 0.286. The molecule has 0 radical (unpaired) electrons. The van der Waals surface area contributed by atoms with E-state index in [1.807, 2.05) is 24.3 Å². The van der Waals surface area contributed by atoms with E-state index in [-0.39, 0.29) is 0 Å². The summed E-state index contributed by atoms with van der Waals surface area (Å²) in [7, 11) is 1.58. The minimum atomic E-state index is -0.733. The van der Waals surface area contributed by atoms with Crippen LogP contribution in [0.3, 0.4) is 0 Å². The van der Waals surface area contributed by atoms with Crippen LogP contribution in [0, 0.1) is 0 Å². The molecule has 0 unspecified atom stereocenters. The van der Waals surface area contributed by atoms with E-state index >= 15 is 0 Å². The van der Waals surface area contributed by atoms with Crippen molar-refractivity contribution in [1.29, 1.82) is 0 Å². The fourth-order valence-electron chi connectivity index (χ4n) is 2.36. The Balaban J connectivity index is 2.16. The van der Waals surface area contributed by atoms with E-state index in [4.69, 9.17) is 4.74 Å². The standard InChI is InChI=1S/C14H13NO3/c1-18-12-11-3-2-10(8-9(11)4-7-15-12)14(5-6-14)13(16)17/h2-4,7-8H,5-6H2,1H3,(H,16,17). The number of carboxylic acids is 1. The Kier molecular flexibility index (Phi) is 2.26. The SMILES string of the molecule is COc1nccc2cc(C3(C(=O)O)CC3)ccc12. The molecular weight excluding hydrogens is 230 g/mol. The molecule has 92 valence electrons. The number of hydrogen-bond acceptors (Lipinski definition) is 3. The molecule has 0 amide bonds. The molecule has 0 saturated heterocycles. The molecule has 1 aromatic heterocycles. The summed E-state index contributed by atoms with van der Waals surface area (Å²) < 4.78 is 5.19. The van der Waals surface area contributed by atoms with Crippen molar-refractivity contribution < 1.29 is 14.6 Å². The van der Waals surface area contributed by atoms with Crippen LogP contribution in [-0.2, 0) is 10.2 Å². The summed E-state index contributed by atoms with van der Waals surface area (Å²) in [5.41, 5.74) is 0.209. The molecule has 4 nitrogen and oxygen atoms in total. The van der Waals surface area contributed by atoms with E-state index < -0.39 is 11.4 Å². The third-order valence-electron chi connectivity index (χ3n) is 3.63. The zero-order valence-electron chi connectivity index (χ0n) is 10.0. The summed E-state index contributed by atoms with van der Waals surface area (Å²) in [5.74, 6) is -0.165. The Bertz CT molecular complexity index is 632. The Morgan fingerprint density at radius 2 is 2.17 bits per heavy atom. The third-order valence-corrected chi connectivity index (χ3v) is 3.63. The summed E-state index contributed by atoms with van der Waals surface area (Å²) in [6.45, 7) is 0. The molecule has 18 heavy (non-hydrogen) atoms. The maximum atomic E-state index is 11.3. The van der Waals surface area contributed by atoms with Crippen LogP contribution < -0.4 is 4.74 Å². The maximum Gasteiger partial charge on any atom is 0.314 e. The van der Waals surface area contributed by atoms with Gasteiger partial charge in [0.1, 0.15) is 0 Å². The average molecular weight is 243 g/mol. The topological polar surface area (TPSA) is 59.4 Å². The first-order chi connectivity index (χ1) is 8.67. The van der Waals surface area contributed by atoms with E-state index in [1.54, 1.807) is 13.3 Å². The molecule has 1 aliphatic carbocycles. The number of benzene rings is 1. The Labute approximate surface area is 104 Å². The van der Waals surface area contributed by atoms with Gasteiger partial charge in [0.05, 0.1) is 12.5 Å². The molecule has 4 heteroatoms. The predicted octanol–water partition coefficient (Wildman–Crippen LogP) is 2.36. The Hall–Kier alpha value is -2.10. The van der Waals surface area contributed by atoms with Crippen LogP contribution in [0.2, 0.25) is 0 Å². The highest BCUT2D eigenvalue weighted by molar-refractivity contribution is 5.91. The van der Waals surface area contributed by atoms with Gasteiger partial charge in [-0.2, -0.15) is 0 Å². The number of aliphatic carboxylic acids is 1. The molecule has 3 rings (SSSR count). The van der Waals surface area contributed by atoms with Gasteiger partial charge in [-0.1, -0.05) is 6.07 Å². The number of carbonyl (C=O) groups is 1. The number of hydrogen-bond donors (Lipinski definition) is 1. The maximum absolute atomic E-state index is 11.3. The average Bonchev–Trinajstić information content (AvgIpc) is 3.18. The number of rotatable bonds is 3. The molecule has 1 fully saturated rings. The zero-order valence-corrected chi connectivity index (χ0v) is 10.0. The highest BCUT2D eigenvalue weighted by Gasteiger charge is 2.51. The second-order valence-corrected chi connectivity index (χ2v) is 4.64. The van der Waals surface area contributed by atoms with Crippen molar-refractivity contribution in [3.05, 3.63) is 36.0 Å². The molecule has 0 atom stereocenters. The van der Waals surface area contributed by atoms with Gasteiger partial charge in [-0.15, -0.1) is 0 Å². The normalized spacial score (nSPS) is 16.5. The number of ether oxygens (including phenoxy) is 1. The van der Waals surface area contributed by atoms with Crippen molar-refractivity contribution >= 4 is 16.7 Å². The predicted molar refractivity (Wildman–Crippen MR) is 66.8 cm³/mol. The molecule has 1 aromatic carbocycles. The number of aromatic nitrogens is 1. The van der Waals surface area contributed by atoms with Gasteiger partial charge >= 0.3 is 5.97 Å². The summed E-state index contributed by atoms with van der Waals surface area (Å²) in [6, 6.07) is 7.56. The van der Waals surface area contributed by atoms with Crippen LogP contribution in [0.25, 0.3) is 10.8 Å². The minimum Gasteiger partial charge on any atom is -0.481 e. The molecule has 1 saturated carbocycles. The molecule has 0 aliphatic heterocycles. The quantitative estimate of drug-likeness (QED) is 0.899. The molecular formula is C14H13NO3. The largest absolute Gasteiger partial charge is 0.481 e. The fourth-order valence-corrected chi connectivity index (χ4v) is 2.36. The lowest BCUT2D eigenvalue weighted by molar-refractivity contribution is -0.140. The number of carboxylic acid groups (broad SMARTS) is 1. The molecule has 2 aromatic rings. The monoisotopic (exact) mass is 243 g/mol. The lowest BCUT2D eigenvalue weighted by atomic mass is 9.94. The molecule has 0 spiro atoms. The van der Waals surface area contributed by atoms with E-state index in [1.165, 1.54) is 0 Å². The van der Waals surface area contributed by atoms with Gasteiger partial charge in [0.25, 0.3) is 0 Å². The van der Waals surface area contributed by atoms with E-state index in [0.29, 0.717) is 5.88 Å². The van der Waals surface area contributed by atoms with Gasteiger partial charge in [0.15, 0.2) is 0 Å². The summed E-state index contributed by atoms with van der Waals surface area (Å²) in [6.07, 6.45) is 3.11. The van der Waals surface area contributed by atoms with Crippen LogP contribution in [0.5, 0.6) is 5.88 Å². The Morgan fingerprint density at radius 3 is 2.78 bits per heavy atom. The van der Waals surface area contributed by atoms with Gasteiger partial charge < -0.3 is 9.84 Å². The third kappa shape index (κ3) is 1.45. The summed E-state index contributed by atoms with van der Waals surface area (Å²) in [5, 5.41) is 11.2. The summed E-state index contributed by atoms with van der Waals surface area (Å²) >= 11 is 0. The minimum absolute atomic E-state index is 0.569. The smallest absolute Gasteiger partial charge is 0.314 e. The van der Waals surface area contributed by atoms with Crippen LogP contribution in [-0.4, -0.2) is 23.2 Å². The van der Waals surface area contributed by atoms with E-state index in [0.717, 1.165) is 29.2 Å². The molecule has 1 aliphatic rings. The number of methoxy groups -OCH3 is 1. The first-order valence-corrected chi connectivity index (χ1v) is 5.84.